The van der Waals surface area contributed by atoms with Gasteiger partial charge in [-0.25, -0.2) is 4.79 Å². The number of thioether (sulfide) groups is 1. The molecule has 1 fully saturated rings. The predicted molar refractivity (Wildman–Crippen MR) is 143 cm³/mol. The van der Waals surface area contributed by atoms with Crippen molar-refractivity contribution >= 4 is 57.9 Å². The van der Waals surface area contributed by atoms with Crippen LogP contribution in [0, 0.1) is 0 Å². The molecule has 1 amide bonds. The highest BCUT2D eigenvalue weighted by atomic mass is 35.5. The Labute approximate surface area is 218 Å². The fourth-order valence-corrected chi connectivity index (χ4v) is 5.07. The third-order valence-corrected chi connectivity index (χ3v) is 6.91. The van der Waals surface area contributed by atoms with E-state index >= 15 is 0 Å². The Balaban J connectivity index is 1.56. The highest BCUT2D eigenvalue weighted by Gasteiger charge is 2.42. The molecule has 1 heterocycles. The normalized spacial score (nSPS) is 15.4. The van der Waals surface area contributed by atoms with Crippen LogP contribution >= 0.6 is 35.6 Å². The number of hydrogen-bond acceptors (Lipinski definition) is 6. The summed E-state index contributed by atoms with van der Waals surface area (Å²) in [5.41, 5.74) is 2.29. The monoisotopic (exact) mass is 523 g/mol. The lowest BCUT2D eigenvalue weighted by Gasteiger charge is -2.25. The number of benzene rings is 3. The molecule has 1 aliphatic rings. The molecular weight excluding hydrogens is 502 g/mol. The van der Waals surface area contributed by atoms with Crippen molar-refractivity contribution < 1.29 is 19.1 Å². The van der Waals surface area contributed by atoms with Crippen LogP contribution < -0.4 is 4.74 Å². The van der Waals surface area contributed by atoms with Crippen LogP contribution in [0.4, 0.5) is 0 Å². The lowest BCUT2D eigenvalue weighted by atomic mass is 10.1. The Morgan fingerprint density at radius 2 is 1.83 bits per heavy atom. The van der Waals surface area contributed by atoms with Gasteiger partial charge in [-0.1, -0.05) is 96.2 Å². The summed E-state index contributed by atoms with van der Waals surface area (Å²) in [7, 11) is 0. The van der Waals surface area contributed by atoms with E-state index in [9.17, 15) is 9.59 Å². The van der Waals surface area contributed by atoms with Crippen molar-refractivity contribution in [2.24, 2.45) is 0 Å². The van der Waals surface area contributed by atoms with Gasteiger partial charge in [-0.2, -0.15) is 0 Å². The van der Waals surface area contributed by atoms with E-state index in [1.165, 1.54) is 4.90 Å². The molecule has 0 spiro atoms. The van der Waals surface area contributed by atoms with E-state index in [0.29, 0.717) is 32.2 Å². The molecule has 0 saturated carbocycles. The van der Waals surface area contributed by atoms with Crippen molar-refractivity contribution in [2.45, 2.75) is 19.6 Å². The summed E-state index contributed by atoms with van der Waals surface area (Å²) in [6, 6.07) is 23.0. The second-order valence-electron chi connectivity index (χ2n) is 7.57. The number of esters is 1. The summed E-state index contributed by atoms with van der Waals surface area (Å²) in [5, 5.41) is 0.641. The molecule has 0 radical (unpaired) electrons. The van der Waals surface area contributed by atoms with Crippen molar-refractivity contribution in [2.75, 3.05) is 6.61 Å². The third kappa shape index (κ3) is 5.93. The Hall–Kier alpha value is -3.13. The summed E-state index contributed by atoms with van der Waals surface area (Å²) >= 11 is 12.9. The molecule has 8 heteroatoms. The van der Waals surface area contributed by atoms with Gasteiger partial charge in [0, 0.05) is 10.6 Å². The molecule has 0 aliphatic carbocycles. The first kappa shape index (κ1) is 25.0. The quantitative estimate of drug-likeness (QED) is 0.193. The first-order chi connectivity index (χ1) is 17.0. The molecule has 3 aromatic rings. The first-order valence-corrected chi connectivity index (χ1v) is 12.5. The van der Waals surface area contributed by atoms with E-state index in [2.05, 4.69) is 0 Å². The standard InChI is InChI=1S/C27H22ClNO4S2/c1-2-32-26(31)24(19-10-4-3-5-11-19)29-25(30)23(35-27(29)34)16-18-9-8-13-21(15-18)33-17-20-12-6-7-14-22(20)28/h3-16,24H,2,17H2,1H3/b23-16+. The van der Waals surface area contributed by atoms with Gasteiger partial charge in [0.2, 0.25) is 0 Å². The van der Waals surface area contributed by atoms with E-state index in [1.807, 2.05) is 66.7 Å². The lowest BCUT2D eigenvalue weighted by Crippen LogP contribution is -2.38. The lowest BCUT2D eigenvalue weighted by molar-refractivity contribution is -0.151. The average molecular weight is 524 g/mol. The van der Waals surface area contributed by atoms with Crippen LogP contribution in [0.25, 0.3) is 6.08 Å². The molecule has 1 atom stereocenters. The highest BCUT2D eigenvalue weighted by molar-refractivity contribution is 8.26. The molecule has 178 valence electrons. The highest BCUT2D eigenvalue weighted by Crippen LogP contribution is 2.39. The smallest absolute Gasteiger partial charge is 0.333 e. The summed E-state index contributed by atoms with van der Waals surface area (Å²) < 4.78 is 11.5. The number of hydrogen-bond donors (Lipinski definition) is 0. The van der Waals surface area contributed by atoms with Crippen LogP contribution in [0.2, 0.25) is 5.02 Å². The number of rotatable bonds is 8. The largest absolute Gasteiger partial charge is 0.489 e. The van der Waals surface area contributed by atoms with Crippen molar-refractivity contribution in [3.05, 3.63) is 105 Å². The second-order valence-corrected chi connectivity index (χ2v) is 9.65. The molecular formula is C27H22ClNO4S2. The number of ether oxygens (including phenoxy) is 2. The first-order valence-electron chi connectivity index (χ1n) is 10.9. The van der Waals surface area contributed by atoms with Gasteiger partial charge < -0.3 is 9.47 Å². The van der Waals surface area contributed by atoms with Gasteiger partial charge >= 0.3 is 5.97 Å². The molecule has 3 aromatic carbocycles. The zero-order valence-corrected chi connectivity index (χ0v) is 21.2. The van der Waals surface area contributed by atoms with Gasteiger partial charge in [0.15, 0.2) is 6.04 Å². The minimum Gasteiger partial charge on any atom is -0.489 e. The van der Waals surface area contributed by atoms with Gasteiger partial charge in [0.25, 0.3) is 5.91 Å². The van der Waals surface area contributed by atoms with Crippen LogP contribution in [-0.2, 0) is 20.9 Å². The van der Waals surface area contributed by atoms with Crippen molar-refractivity contribution in [3.8, 4) is 5.75 Å². The second kappa shape index (κ2) is 11.5. The molecule has 4 rings (SSSR count). The van der Waals surface area contributed by atoms with Gasteiger partial charge in [-0.15, -0.1) is 0 Å². The Kier molecular flexibility index (Phi) is 8.23. The van der Waals surface area contributed by atoms with Gasteiger partial charge in [0.05, 0.1) is 11.5 Å². The molecule has 1 aliphatic heterocycles. The molecule has 0 N–H and O–H groups in total. The molecule has 0 bridgehead atoms. The molecule has 35 heavy (non-hydrogen) atoms. The zero-order chi connectivity index (χ0) is 24.8. The topological polar surface area (TPSA) is 55.8 Å². The van der Waals surface area contributed by atoms with Crippen LogP contribution in [-0.4, -0.2) is 27.7 Å². The van der Waals surface area contributed by atoms with Crippen LogP contribution in [0.5, 0.6) is 5.75 Å². The fourth-order valence-electron chi connectivity index (χ4n) is 3.57. The number of thiocarbonyl (C=S) groups is 1. The van der Waals surface area contributed by atoms with Crippen LogP contribution in [0.1, 0.15) is 29.7 Å². The van der Waals surface area contributed by atoms with E-state index in [0.717, 1.165) is 22.9 Å². The van der Waals surface area contributed by atoms with Crippen LogP contribution in [0.15, 0.2) is 83.8 Å². The van der Waals surface area contributed by atoms with E-state index in [1.54, 1.807) is 25.1 Å². The van der Waals surface area contributed by atoms with E-state index in [4.69, 9.17) is 33.3 Å². The van der Waals surface area contributed by atoms with Gasteiger partial charge in [-0.3, -0.25) is 9.69 Å². The Morgan fingerprint density at radius 3 is 2.57 bits per heavy atom. The van der Waals surface area contributed by atoms with Crippen molar-refractivity contribution in [1.82, 2.24) is 4.90 Å². The molecule has 1 saturated heterocycles. The summed E-state index contributed by atoms with van der Waals surface area (Å²) in [6.07, 6.45) is 1.74. The maximum atomic E-state index is 13.4. The van der Waals surface area contributed by atoms with Gasteiger partial charge in [0.1, 0.15) is 16.7 Å². The number of nitrogens with zero attached hydrogens (tertiary/aromatic N) is 1. The van der Waals surface area contributed by atoms with E-state index < -0.39 is 12.0 Å². The van der Waals surface area contributed by atoms with Crippen molar-refractivity contribution in [3.63, 3.8) is 0 Å². The maximum absolute atomic E-state index is 13.4. The third-order valence-electron chi connectivity index (χ3n) is 5.21. The number of amides is 1. The van der Waals surface area contributed by atoms with E-state index in [-0.39, 0.29) is 12.5 Å². The Morgan fingerprint density at radius 1 is 1.09 bits per heavy atom. The fraction of sp³-hybridized carbons (Fsp3) is 0.148. The summed E-state index contributed by atoms with van der Waals surface area (Å²) in [4.78, 5) is 27.9. The number of carbonyl (C=O) groups is 2. The van der Waals surface area contributed by atoms with Gasteiger partial charge in [-0.05, 0) is 42.3 Å². The molecule has 0 aromatic heterocycles. The van der Waals surface area contributed by atoms with Crippen molar-refractivity contribution in [1.29, 1.82) is 0 Å². The SMILES string of the molecule is CCOC(=O)C(c1ccccc1)N1C(=O)/C(=C\c2cccc(OCc3ccccc3Cl)c2)SC1=S. The molecule has 1 unspecified atom stereocenters. The number of carbonyl (C=O) groups excluding carboxylic acids is 2. The summed E-state index contributed by atoms with van der Waals surface area (Å²) in [5.74, 6) is -0.224. The zero-order valence-electron chi connectivity index (χ0n) is 18.8. The van der Waals surface area contributed by atoms with Crippen LogP contribution in [0.3, 0.4) is 0 Å². The molecule has 5 nitrogen and oxygen atoms in total. The predicted octanol–water partition coefficient (Wildman–Crippen LogP) is 6.42. The average Bonchev–Trinajstić information content (AvgIpc) is 3.13. The Bertz CT molecular complexity index is 1280. The minimum absolute atomic E-state index is 0.202. The summed E-state index contributed by atoms with van der Waals surface area (Å²) in [6.45, 7) is 2.25. The minimum atomic E-state index is -0.945. The number of halogens is 1. The maximum Gasteiger partial charge on any atom is 0.333 e.